The van der Waals surface area contributed by atoms with Gasteiger partial charge in [0.05, 0.1) is 18.9 Å². The molecule has 0 saturated heterocycles. The number of benzene rings is 1. The SMILES string of the molecule is COc1ccc(C(C)(C)C)cc1N(C)CCCC#N. The number of methoxy groups -OCH3 is 1. The fraction of sp³-hybridized carbons (Fsp3) is 0.562. The molecule has 104 valence electrons. The van der Waals surface area contributed by atoms with Crippen LogP contribution >= 0.6 is 0 Å². The van der Waals surface area contributed by atoms with Crippen LogP contribution in [0.25, 0.3) is 0 Å². The molecule has 0 fully saturated rings. The summed E-state index contributed by atoms with van der Waals surface area (Å²) in [5, 5.41) is 8.61. The number of nitriles is 1. The second-order valence-corrected chi connectivity index (χ2v) is 5.82. The normalized spacial score (nSPS) is 10.9. The highest BCUT2D eigenvalue weighted by atomic mass is 16.5. The fourth-order valence-corrected chi connectivity index (χ4v) is 1.97. The minimum atomic E-state index is 0.120. The van der Waals surface area contributed by atoms with Gasteiger partial charge in [0.25, 0.3) is 0 Å². The number of hydrogen-bond donors (Lipinski definition) is 0. The second-order valence-electron chi connectivity index (χ2n) is 5.82. The lowest BCUT2D eigenvalue weighted by atomic mass is 9.86. The summed E-state index contributed by atoms with van der Waals surface area (Å²) in [6, 6.07) is 8.51. The average Bonchev–Trinajstić information content (AvgIpc) is 2.37. The van der Waals surface area contributed by atoms with Crippen molar-refractivity contribution < 1.29 is 4.74 Å². The topological polar surface area (TPSA) is 36.3 Å². The highest BCUT2D eigenvalue weighted by Gasteiger charge is 2.17. The molecule has 1 aromatic carbocycles. The third-order valence-corrected chi connectivity index (χ3v) is 3.24. The summed E-state index contributed by atoms with van der Waals surface area (Å²) in [5.41, 5.74) is 2.50. The van der Waals surface area contributed by atoms with Crippen LogP contribution in [0, 0.1) is 11.3 Å². The van der Waals surface area contributed by atoms with E-state index in [4.69, 9.17) is 10.00 Å². The minimum absolute atomic E-state index is 0.120. The van der Waals surface area contributed by atoms with Gasteiger partial charge >= 0.3 is 0 Å². The molecule has 0 saturated carbocycles. The van der Waals surface area contributed by atoms with Crippen LogP contribution in [0.3, 0.4) is 0 Å². The zero-order valence-corrected chi connectivity index (χ0v) is 12.7. The van der Waals surface area contributed by atoms with Crippen LogP contribution in [0.2, 0.25) is 0 Å². The molecule has 19 heavy (non-hydrogen) atoms. The van der Waals surface area contributed by atoms with E-state index in [0.29, 0.717) is 6.42 Å². The molecule has 0 aromatic heterocycles. The summed E-state index contributed by atoms with van der Waals surface area (Å²) in [4.78, 5) is 2.16. The van der Waals surface area contributed by atoms with Crippen molar-refractivity contribution in [3.8, 4) is 11.8 Å². The summed E-state index contributed by atoms with van der Waals surface area (Å²) < 4.78 is 5.43. The van der Waals surface area contributed by atoms with Crippen LogP contribution in [0.5, 0.6) is 5.75 Å². The highest BCUT2D eigenvalue weighted by molar-refractivity contribution is 5.60. The molecule has 3 heteroatoms. The van der Waals surface area contributed by atoms with Gasteiger partial charge in [0.2, 0.25) is 0 Å². The van der Waals surface area contributed by atoms with Crippen LogP contribution in [0.1, 0.15) is 39.2 Å². The van der Waals surface area contributed by atoms with Crippen LogP contribution in [-0.4, -0.2) is 20.7 Å². The Balaban J connectivity index is 2.99. The molecule has 0 amide bonds. The van der Waals surface area contributed by atoms with E-state index in [1.54, 1.807) is 7.11 Å². The lowest BCUT2D eigenvalue weighted by Crippen LogP contribution is -2.20. The third-order valence-electron chi connectivity index (χ3n) is 3.24. The quantitative estimate of drug-likeness (QED) is 0.757. The number of ether oxygens (including phenoxy) is 1. The maximum absolute atomic E-state index is 8.61. The smallest absolute Gasteiger partial charge is 0.142 e. The van der Waals surface area contributed by atoms with Gasteiger partial charge in [-0.15, -0.1) is 0 Å². The predicted molar refractivity (Wildman–Crippen MR) is 79.8 cm³/mol. The summed E-state index contributed by atoms with van der Waals surface area (Å²) in [6.07, 6.45) is 1.46. The molecule has 3 nitrogen and oxygen atoms in total. The van der Waals surface area contributed by atoms with Crippen molar-refractivity contribution in [1.29, 1.82) is 5.26 Å². The van der Waals surface area contributed by atoms with E-state index in [1.807, 2.05) is 13.1 Å². The van der Waals surface area contributed by atoms with Crippen LogP contribution in [-0.2, 0) is 5.41 Å². The number of unbranched alkanes of at least 4 members (excludes halogenated alkanes) is 1. The van der Waals surface area contributed by atoms with Crippen LogP contribution in [0.4, 0.5) is 5.69 Å². The standard InChI is InChI=1S/C16H24N2O/c1-16(2,3)13-8-9-15(19-5)14(12-13)18(4)11-7-6-10-17/h8-9,12H,6-7,11H2,1-5H3. The molecule has 0 aliphatic rings. The second kappa shape index (κ2) is 6.47. The Kier molecular flexibility index (Phi) is 5.23. The highest BCUT2D eigenvalue weighted by Crippen LogP contribution is 2.33. The Morgan fingerprint density at radius 1 is 1.32 bits per heavy atom. The van der Waals surface area contributed by atoms with Crippen molar-refractivity contribution in [3.05, 3.63) is 23.8 Å². The van der Waals surface area contributed by atoms with E-state index in [0.717, 1.165) is 24.4 Å². The number of anilines is 1. The van der Waals surface area contributed by atoms with Gasteiger partial charge < -0.3 is 9.64 Å². The molecule has 0 radical (unpaired) electrons. The minimum Gasteiger partial charge on any atom is -0.495 e. The van der Waals surface area contributed by atoms with Gasteiger partial charge in [-0.2, -0.15) is 5.26 Å². The van der Waals surface area contributed by atoms with Crippen molar-refractivity contribution in [2.45, 2.75) is 39.0 Å². The maximum Gasteiger partial charge on any atom is 0.142 e. The maximum atomic E-state index is 8.61. The third kappa shape index (κ3) is 4.17. The first-order valence-corrected chi connectivity index (χ1v) is 6.66. The molecule has 0 aliphatic carbocycles. The van der Waals surface area contributed by atoms with Crippen molar-refractivity contribution in [1.82, 2.24) is 0 Å². The number of rotatable bonds is 5. The van der Waals surface area contributed by atoms with Crippen molar-refractivity contribution >= 4 is 5.69 Å². The first kappa shape index (κ1) is 15.4. The zero-order valence-electron chi connectivity index (χ0n) is 12.7. The Morgan fingerprint density at radius 2 is 2.00 bits per heavy atom. The van der Waals surface area contributed by atoms with Crippen molar-refractivity contribution in [2.75, 3.05) is 25.6 Å². The van der Waals surface area contributed by atoms with Gasteiger partial charge in [-0.1, -0.05) is 26.8 Å². The van der Waals surface area contributed by atoms with Gasteiger partial charge in [-0.05, 0) is 29.5 Å². The lowest BCUT2D eigenvalue weighted by molar-refractivity contribution is 0.414. The first-order chi connectivity index (χ1) is 8.90. The van der Waals surface area contributed by atoms with Crippen LogP contribution < -0.4 is 9.64 Å². The monoisotopic (exact) mass is 260 g/mol. The molecule has 1 aromatic rings. The van der Waals surface area contributed by atoms with Gasteiger partial charge in [-0.25, -0.2) is 0 Å². The molecule has 0 atom stereocenters. The van der Waals surface area contributed by atoms with Gasteiger partial charge in [0.1, 0.15) is 5.75 Å². The number of hydrogen-bond acceptors (Lipinski definition) is 3. The van der Waals surface area contributed by atoms with E-state index < -0.39 is 0 Å². The van der Waals surface area contributed by atoms with Gasteiger partial charge in [-0.3, -0.25) is 0 Å². The molecular formula is C16H24N2O. The summed E-state index contributed by atoms with van der Waals surface area (Å²) in [7, 11) is 3.74. The van der Waals surface area contributed by atoms with E-state index in [1.165, 1.54) is 5.56 Å². The molecular weight excluding hydrogens is 236 g/mol. The fourth-order valence-electron chi connectivity index (χ4n) is 1.97. The van der Waals surface area contributed by atoms with Gasteiger partial charge in [0, 0.05) is 20.0 Å². The largest absolute Gasteiger partial charge is 0.495 e. The van der Waals surface area contributed by atoms with Crippen molar-refractivity contribution in [3.63, 3.8) is 0 Å². The Labute approximate surface area is 116 Å². The predicted octanol–water partition coefficient (Wildman–Crippen LogP) is 3.73. The summed E-state index contributed by atoms with van der Waals surface area (Å²) >= 11 is 0. The summed E-state index contributed by atoms with van der Waals surface area (Å²) in [5.74, 6) is 0.882. The molecule has 0 bridgehead atoms. The summed E-state index contributed by atoms with van der Waals surface area (Å²) in [6.45, 7) is 7.47. The van der Waals surface area contributed by atoms with E-state index >= 15 is 0 Å². The molecule has 0 heterocycles. The zero-order chi connectivity index (χ0) is 14.5. The molecule has 0 unspecified atom stereocenters. The molecule has 1 rings (SSSR count). The van der Waals surface area contributed by atoms with Crippen LogP contribution in [0.15, 0.2) is 18.2 Å². The first-order valence-electron chi connectivity index (χ1n) is 6.66. The van der Waals surface area contributed by atoms with Gasteiger partial charge in [0.15, 0.2) is 0 Å². The van der Waals surface area contributed by atoms with Crippen molar-refractivity contribution in [2.24, 2.45) is 0 Å². The molecule has 0 N–H and O–H groups in total. The van der Waals surface area contributed by atoms with E-state index in [2.05, 4.69) is 43.9 Å². The Bertz CT molecular complexity index is 455. The molecule has 0 spiro atoms. The average molecular weight is 260 g/mol. The Morgan fingerprint density at radius 3 is 2.53 bits per heavy atom. The lowest BCUT2D eigenvalue weighted by Gasteiger charge is -2.25. The van der Waals surface area contributed by atoms with E-state index in [-0.39, 0.29) is 5.41 Å². The molecule has 0 aliphatic heterocycles. The number of nitrogens with zero attached hydrogens (tertiary/aromatic N) is 2. The Hall–Kier alpha value is -1.69. The van der Waals surface area contributed by atoms with E-state index in [9.17, 15) is 0 Å².